The van der Waals surface area contributed by atoms with Crippen LogP contribution in [0.4, 0.5) is 0 Å². The summed E-state index contributed by atoms with van der Waals surface area (Å²) in [4.78, 5) is 0. The van der Waals surface area contributed by atoms with Crippen molar-refractivity contribution >= 4 is 21.4 Å². The Kier molecular flexibility index (Phi) is 5.61. The highest BCUT2D eigenvalue weighted by atomic mass is 35.5. The molecule has 1 atom stereocenters. The average Bonchev–Trinajstić information content (AvgIpc) is 2.94. The number of halogens is 1. The molecule has 1 aliphatic carbocycles. The molecule has 0 radical (unpaired) electrons. The number of rotatable bonds is 6. The van der Waals surface area contributed by atoms with E-state index in [2.05, 4.69) is 0 Å². The summed E-state index contributed by atoms with van der Waals surface area (Å²) in [5.74, 6) is 1.60. The molecule has 0 saturated heterocycles. The molecule has 2 aromatic carbocycles. The maximum absolute atomic E-state index is 12.2. The topological polar surface area (TPSA) is 63.6 Å². The molecule has 0 aliphatic heterocycles. The Bertz CT molecular complexity index is 906. The van der Waals surface area contributed by atoms with Gasteiger partial charge in [0.15, 0.2) is 9.84 Å². The highest BCUT2D eigenvalue weighted by Crippen LogP contribution is 2.33. The Balaban J connectivity index is 1.74. The summed E-state index contributed by atoms with van der Waals surface area (Å²) in [6.45, 7) is 3.36. The number of aliphatic hydroxyl groups is 1. The summed E-state index contributed by atoms with van der Waals surface area (Å²) in [6, 6.07) is 11.0. The van der Waals surface area contributed by atoms with E-state index in [0.29, 0.717) is 22.1 Å². The van der Waals surface area contributed by atoms with Crippen LogP contribution in [0.25, 0.3) is 0 Å². The summed E-state index contributed by atoms with van der Waals surface area (Å²) in [7, 11) is -3.04. The van der Waals surface area contributed by atoms with Gasteiger partial charge in [-0.05, 0) is 79.6 Å². The number of ether oxygens (including phenoxy) is 1. The first-order valence-corrected chi connectivity index (χ1v) is 10.8. The van der Waals surface area contributed by atoms with Crippen LogP contribution < -0.4 is 4.74 Å². The number of benzene rings is 2. The van der Waals surface area contributed by atoms with Gasteiger partial charge in [-0.3, -0.25) is 0 Å². The van der Waals surface area contributed by atoms with Crippen molar-refractivity contribution in [3.63, 3.8) is 0 Å². The highest BCUT2D eigenvalue weighted by Gasteiger charge is 2.28. The van der Waals surface area contributed by atoms with Gasteiger partial charge in [0.1, 0.15) is 11.5 Å². The van der Waals surface area contributed by atoms with E-state index in [1.165, 1.54) is 5.56 Å². The molecule has 0 spiro atoms. The van der Waals surface area contributed by atoms with Crippen molar-refractivity contribution in [3.05, 3.63) is 58.1 Å². The van der Waals surface area contributed by atoms with Crippen LogP contribution in [-0.4, -0.2) is 24.5 Å². The van der Waals surface area contributed by atoms with Gasteiger partial charge in [-0.1, -0.05) is 17.7 Å². The third-order valence-electron chi connectivity index (χ3n) is 4.73. The predicted molar refractivity (Wildman–Crippen MR) is 104 cm³/mol. The van der Waals surface area contributed by atoms with Crippen molar-refractivity contribution in [1.29, 1.82) is 0 Å². The Morgan fingerprint density at radius 3 is 2.54 bits per heavy atom. The number of aliphatic hydroxyl groups excluding tert-OH is 1. The molecule has 2 aromatic rings. The van der Waals surface area contributed by atoms with E-state index in [1.54, 1.807) is 32.0 Å². The molecule has 140 valence electrons. The fourth-order valence-corrected chi connectivity index (χ4v) is 4.82. The van der Waals surface area contributed by atoms with Gasteiger partial charge < -0.3 is 9.84 Å². The van der Waals surface area contributed by atoms with Crippen molar-refractivity contribution in [2.75, 3.05) is 5.75 Å². The molecule has 1 aliphatic rings. The van der Waals surface area contributed by atoms with Gasteiger partial charge in [0.2, 0.25) is 0 Å². The summed E-state index contributed by atoms with van der Waals surface area (Å²) in [5, 5.41) is 9.44. The quantitative estimate of drug-likeness (QED) is 0.798. The van der Waals surface area contributed by atoms with Crippen molar-refractivity contribution in [1.82, 2.24) is 0 Å². The van der Waals surface area contributed by atoms with Gasteiger partial charge in [-0.15, -0.1) is 0 Å². The monoisotopic (exact) mass is 394 g/mol. The molecule has 0 aromatic heterocycles. The fraction of sp³-hybridized carbons (Fsp3) is 0.400. The van der Waals surface area contributed by atoms with Crippen LogP contribution in [0.5, 0.6) is 11.5 Å². The number of hydrogen-bond donors (Lipinski definition) is 1. The molecule has 1 N–H and O–H groups in total. The standard InChI is InChI=1S/C20H23ClO4S/c1-13(2)26(23,24)12-15-5-16-3-4-19(9-17(16)6-15)25-20-8-14(11-22)7-18(21)10-20/h3-4,7-10,13,15,22H,5-6,11-12H2,1-2H3/t15-/m0/s1. The van der Waals surface area contributed by atoms with Gasteiger partial charge in [0.05, 0.1) is 17.6 Å². The van der Waals surface area contributed by atoms with Crippen LogP contribution in [0.1, 0.15) is 30.5 Å². The van der Waals surface area contributed by atoms with Gasteiger partial charge in [-0.2, -0.15) is 0 Å². The predicted octanol–water partition coefficient (Wildman–Crippen LogP) is 4.16. The van der Waals surface area contributed by atoms with E-state index < -0.39 is 9.84 Å². The van der Waals surface area contributed by atoms with E-state index in [4.69, 9.17) is 16.3 Å². The van der Waals surface area contributed by atoms with Crippen molar-refractivity contribution in [3.8, 4) is 11.5 Å². The van der Waals surface area contributed by atoms with Gasteiger partial charge in [-0.25, -0.2) is 8.42 Å². The molecule has 0 amide bonds. The third-order valence-corrected chi connectivity index (χ3v) is 7.32. The number of fused-ring (bicyclic) bond motifs is 1. The number of hydrogen-bond acceptors (Lipinski definition) is 4. The Labute approximate surface area is 159 Å². The SMILES string of the molecule is CC(C)S(=O)(=O)C[C@H]1Cc2ccc(Oc3cc(Cl)cc(CO)c3)cc2C1. The first kappa shape index (κ1) is 19.2. The molecular formula is C20H23ClO4S. The Morgan fingerprint density at radius 2 is 1.85 bits per heavy atom. The van der Waals surface area contributed by atoms with Gasteiger partial charge >= 0.3 is 0 Å². The zero-order valence-corrected chi connectivity index (χ0v) is 16.5. The van der Waals surface area contributed by atoms with Crippen LogP contribution in [0.15, 0.2) is 36.4 Å². The largest absolute Gasteiger partial charge is 0.457 e. The molecule has 26 heavy (non-hydrogen) atoms. The normalized spacial score (nSPS) is 16.7. The molecule has 6 heteroatoms. The first-order chi connectivity index (χ1) is 12.3. The molecule has 0 saturated carbocycles. The Hall–Kier alpha value is -1.56. The van der Waals surface area contributed by atoms with E-state index in [9.17, 15) is 13.5 Å². The minimum absolute atomic E-state index is 0.104. The van der Waals surface area contributed by atoms with Crippen molar-refractivity contribution in [2.24, 2.45) is 5.92 Å². The van der Waals surface area contributed by atoms with Crippen molar-refractivity contribution < 1.29 is 18.3 Å². The average molecular weight is 395 g/mol. The van der Waals surface area contributed by atoms with E-state index in [0.717, 1.165) is 18.4 Å². The van der Waals surface area contributed by atoms with Crippen LogP contribution in [0.2, 0.25) is 5.02 Å². The third kappa shape index (κ3) is 4.40. The van der Waals surface area contributed by atoms with E-state index in [1.807, 2.05) is 18.2 Å². The zero-order valence-electron chi connectivity index (χ0n) is 14.9. The second-order valence-electron chi connectivity index (χ2n) is 7.14. The maximum atomic E-state index is 12.2. The highest BCUT2D eigenvalue weighted by molar-refractivity contribution is 7.91. The van der Waals surface area contributed by atoms with Gasteiger partial charge in [0, 0.05) is 5.02 Å². The lowest BCUT2D eigenvalue weighted by Crippen LogP contribution is -2.23. The van der Waals surface area contributed by atoms with Crippen molar-refractivity contribution in [2.45, 2.75) is 38.5 Å². The minimum atomic E-state index is -3.04. The van der Waals surface area contributed by atoms with Crippen LogP contribution in [0.3, 0.4) is 0 Å². The molecular weight excluding hydrogens is 372 g/mol. The summed E-state index contributed by atoms with van der Waals surface area (Å²) >= 11 is 6.05. The van der Waals surface area contributed by atoms with Crippen LogP contribution in [0, 0.1) is 5.92 Å². The number of sulfone groups is 1. The molecule has 0 heterocycles. The summed E-state index contributed by atoms with van der Waals surface area (Å²) < 4.78 is 30.2. The second-order valence-corrected chi connectivity index (χ2v) is 10.2. The molecule has 4 nitrogen and oxygen atoms in total. The fourth-order valence-electron chi connectivity index (χ4n) is 3.29. The lowest BCUT2D eigenvalue weighted by molar-refractivity contribution is 0.281. The summed E-state index contributed by atoms with van der Waals surface area (Å²) in [6.07, 6.45) is 1.53. The van der Waals surface area contributed by atoms with Gasteiger partial charge in [0.25, 0.3) is 0 Å². The Morgan fingerprint density at radius 1 is 1.12 bits per heavy atom. The van der Waals surface area contributed by atoms with Crippen LogP contribution in [-0.2, 0) is 29.3 Å². The zero-order chi connectivity index (χ0) is 18.9. The molecule has 0 bridgehead atoms. The molecule has 0 unspecified atom stereocenters. The van der Waals surface area contributed by atoms with E-state index in [-0.39, 0.29) is 23.5 Å². The smallest absolute Gasteiger partial charge is 0.152 e. The second kappa shape index (κ2) is 7.59. The maximum Gasteiger partial charge on any atom is 0.152 e. The lowest BCUT2D eigenvalue weighted by Gasteiger charge is -2.12. The minimum Gasteiger partial charge on any atom is -0.457 e. The summed E-state index contributed by atoms with van der Waals surface area (Å²) in [5.41, 5.74) is 3.01. The molecule has 3 rings (SSSR count). The lowest BCUT2D eigenvalue weighted by atomic mass is 10.1. The molecule has 0 fully saturated rings. The van der Waals surface area contributed by atoms with Crippen LogP contribution >= 0.6 is 11.6 Å². The first-order valence-electron chi connectivity index (χ1n) is 8.68. The van der Waals surface area contributed by atoms with E-state index >= 15 is 0 Å².